The Hall–Kier alpha value is -0.830. The first-order chi connectivity index (χ1) is 5.57. The summed E-state index contributed by atoms with van der Waals surface area (Å²) in [6.45, 7) is 5.82. The summed E-state index contributed by atoms with van der Waals surface area (Å²) in [7, 11) is 0. The molecule has 1 heterocycles. The molecule has 66 valence electrons. The number of rotatable bonds is 2. The number of carboxylic acids is 1. The van der Waals surface area contributed by atoms with Gasteiger partial charge in [-0.3, -0.25) is 0 Å². The van der Waals surface area contributed by atoms with E-state index in [9.17, 15) is 4.79 Å². The van der Waals surface area contributed by atoms with Gasteiger partial charge in [-0.1, -0.05) is 6.92 Å². The summed E-state index contributed by atoms with van der Waals surface area (Å²) in [6, 6.07) is 0. The van der Waals surface area contributed by atoms with Crippen LogP contribution in [-0.2, 0) is 6.42 Å². The minimum Gasteiger partial charge on any atom is -0.478 e. The third kappa shape index (κ3) is 1.37. The molecule has 3 heteroatoms. The fourth-order valence-electron chi connectivity index (χ4n) is 1.44. The summed E-state index contributed by atoms with van der Waals surface area (Å²) in [5, 5.41) is 8.90. The van der Waals surface area contributed by atoms with E-state index in [1.807, 2.05) is 20.8 Å². The summed E-state index contributed by atoms with van der Waals surface area (Å²) < 4.78 is 0. The Morgan fingerprint density at radius 3 is 2.33 bits per heavy atom. The Morgan fingerprint density at radius 2 is 2.00 bits per heavy atom. The van der Waals surface area contributed by atoms with Crippen LogP contribution in [0.2, 0.25) is 0 Å². The highest BCUT2D eigenvalue weighted by atomic mass is 32.1. The van der Waals surface area contributed by atoms with Gasteiger partial charge in [0.05, 0.1) is 5.56 Å². The van der Waals surface area contributed by atoms with Crippen LogP contribution >= 0.6 is 11.3 Å². The lowest BCUT2D eigenvalue weighted by molar-refractivity contribution is 0.0695. The van der Waals surface area contributed by atoms with E-state index >= 15 is 0 Å². The molecule has 0 unspecified atom stereocenters. The van der Waals surface area contributed by atoms with Crippen molar-refractivity contribution in [2.45, 2.75) is 27.2 Å². The van der Waals surface area contributed by atoms with Crippen LogP contribution < -0.4 is 0 Å². The fraction of sp³-hybridized carbons (Fsp3) is 0.444. The predicted octanol–water partition coefficient (Wildman–Crippen LogP) is 2.63. The van der Waals surface area contributed by atoms with Crippen LogP contribution in [0.4, 0.5) is 0 Å². The molecule has 0 aliphatic heterocycles. The normalized spacial score (nSPS) is 10.2. The van der Waals surface area contributed by atoms with Crippen molar-refractivity contribution in [2.75, 3.05) is 0 Å². The Kier molecular flexibility index (Phi) is 2.52. The van der Waals surface area contributed by atoms with Crippen LogP contribution in [0, 0.1) is 13.8 Å². The maximum Gasteiger partial charge on any atom is 0.337 e. The average Bonchev–Trinajstić information content (AvgIpc) is 2.24. The largest absolute Gasteiger partial charge is 0.478 e. The molecular weight excluding hydrogens is 172 g/mol. The maximum absolute atomic E-state index is 10.8. The molecule has 1 aromatic rings. The second-order valence-electron chi connectivity index (χ2n) is 2.73. The molecule has 0 aliphatic carbocycles. The average molecular weight is 184 g/mol. The topological polar surface area (TPSA) is 37.3 Å². The van der Waals surface area contributed by atoms with Gasteiger partial charge in [0.2, 0.25) is 0 Å². The molecule has 0 saturated carbocycles. The van der Waals surface area contributed by atoms with Gasteiger partial charge in [-0.25, -0.2) is 4.79 Å². The number of carbonyl (C=O) groups is 1. The number of carboxylic acid groups (broad SMARTS) is 1. The number of hydrogen-bond donors (Lipinski definition) is 1. The molecule has 12 heavy (non-hydrogen) atoms. The van der Waals surface area contributed by atoms with Gasteiger partial charge >= 0.3 is 5.97 Å². The van der Waals surface area contributed by atoms with E-state index in [1.54, 1.807) is 11.3 Å². The standard InChI is InChI=1S/C9H12O2S/c1-4-7-5(2)12-6(3)8(7)9(10)11/h4H2,1-3H3,(H,10,11). The maximum atomic E-state index is 10.8. The molecule has 0 aliphatic rings. The highest BCUT2D eigenvalue weighted by molar-refractivity contribution is 7.12. The summed E-state index contributed by atoms with van der Waals surface area (Å²) in [6.07, 6.45) is 0.803. The van der Waals surface area contributed by atoms with Gasteiger partial charge < -0.3 is 5.11 Å². The van der Waals surface area contributed by atoms with Crippen LogP contribution in [0.5, 0.6) is 0 Å². The second kappa shape index (κ2) is 3.27. The lowest BCUT2D eigenvalue weighted by Gasteiger charge is -1.97. The number of thiophene rings is 1. The lowest BCUT2D eigenvalue weighted by atomic mass is 10.1. The number of aryl methyl sites for hydroxylation is 2. The van der Waals surface area contributed by atoms with Crippen molar-refractivity contribution in [1.29, 1.82) is 0 Å². The lowest BCUT2D eigenvalue weighted by Crippen LogP contribution is -2.00. The predicted molar refractivity (Wildman–Crippen MR) is 50.1 cm³/mol. The third-order valence-electron chi connectivity index (χ3n) is 1.95. The molecule has 2 nitrogen and oxygen atoms in total. The van der Waals surface area contributed by atoms with Crippen molar-refractivity contribution in [3.63, 3.8) is 0 Å². The molecule has 1 rings (SSSR count). The van der Waals surface area contributed by atoms with Crippen molar-refractivity contribution in [3.8, 4) is 0 Å². The fourth-order valence-corrected chi connectivity index (χ4v) is 2.58. The Balaban J connectivity index is 3.32. The van der Waals surface area contributed by atoms with Crippen LogP contribution in [0.1, 0.15) is 32.6 Å². The van der Waals surface area contributed by atoms with Gasteiger partial charge in [-0.2, -0.15) is 0 Å². The number of hydrogen-bond acceptors (Lipinski definition) is 2. The minimum atomic E-state index is -0.797. The van der Waals surface area contributed by atoms with E-state index in [2.05, 4.69) is 0 Å². The molecule has 0 aromatic carbocycles. The SMILES string of the molecule is CCc1c(C)sc(C)c1C(=O)O. The van der Waals surface area contributed by atoms with Gasteiger partial charge in [0.1, 0.15) is 0 Å². The van der Waals surface area contributed by atoms with E-state index in [0.717, 1.165) is 21.7 Å². The molecular formula is C9H12O2S. The van der Waals surface area contributed by atoms with Crippen molar-refractivity contribution in [2.24, 2.45) is 0 Å². The van der Waals surface area contributed by atoms with Crippen molar-refractivity contribution in [1.82, 2.24) is 0 Å². The van der Waals surface area contributed by atoms with Gasteiger partial charge in [0.25, 0.3) is 0 Å². The summed E-state index contributed by atoms with van der Waals surface area (Å²) in [5.74, 6) is -0.797. The number of aromatic carboxylic acids is 1. The Labute approximate surface area is 75.9 Å². The second-order valence-corrected chi connectivity index (χ2v) is 4.16. The van der Waals surface area contributed by atoms with Crippen LogP contribution in [0.3, 0.4) is 0 Å². The van der Waals surface area contributed by atoms with E-state index in [0.29, 0.717) is 5.56 Å². The summed E-state index contributed by atoms with van der Waals surface area (Å²) in [4.78, 5) is 12.9. The van der Waals surface area contributed by atoms with Crippen LogP contribution in [0.15, 0.2) is 0 Å². The Bertz CT molecular complexity index is 313. The molecule has 0 radical (unpaired) electrons. The van der Waals surface area contributed by atoms with Gasteiger partial charge in [0.15, 0.2) is 0 Å². The minimum absolute atomic E-state index is 0.514. The van der Waals surface area contributed by atoms with Gasteiger partial charge in [-0.15, -0.1) is 11.3 Å². The molecule has 0 fully saturated rings. The zero-order chi connectivity index (χ0) is 9.30. The highest BCUT2D eigenvalue weighted by Crippen LogP contribution is 2.27. The van der Waals surface area contributed by atoms with Gasteiger partial charge in [0, 0.05) is 9.75 Å². The first kappa shape index (κ1) is 9.26. The first-order valence-corrected chi connectivity index (χ1v) is 4.71. The molecule has 0 atom stereocenters. The molecule has 0 amide bonds. The quantitative estimate of drug-likeness (QED) is 0.767. The van der Waals surface area contributed by atoms with Crippen molar-refractivity contribution >= 4 is 17.3 Å². The molecule has 0 saturated heterocycles. The monoisotopic (exact) mass is 184 g/mol. The van der Waals surface area contributed by atoms with E-state index < -0.39 is 5.97 Å². The van der Waals surface area contributed by atoms with Crippen molar-refractivity contribution in [3.05, 3.63) is 20.9 Å². The molecule has 1 aromatic heterocycles. The third-order valence-corrected chi connectivity index (χ3v) is 3.02. The summed E-state index contributed by atoms with van der Waals surface area (Å²) >= 11 is 1.57. The summed E-state index contributed by atoms with van der Waals surface area (Å²) in [5.41, 5.74) is 1.50. The zero-order valence-electron chi connectivity index (χ0n) is 7.47. The van der Waals surface area contributed by atoms with Crippen LogP contribution in [0.25, 0.3) is 0 Å². The molecule has 1 N–H and O–H groups in total. The molecule has 0 bridgehead atoms. The zero-order valence-corrected chi connectivity index (χ0v) is 8.29. The smallest absolute Gasteiger partial charge is 0.337 e. The van der Waals surface area contributed by atoms with Crippen molar-refractivity contribution < 1.29 is 9.90 Å². The Morgan fingerprint density at radius 1 is 1.42 bits per heavy atom. The van der Waals surface area contributed by atoms with E-state index in [1.165, 1.54) is 0 Å². The first-order valence-electron chi connectivity index (χ1n) is 3.90. The molecule has 0 spiro atoms. The van der Waals surface area contributed by atoms with Crippen LogP contribution in [-0.4, -0.2) is 11.1 Å². The van der Waals surface area contributed by atoms with E-state index in [4.69, 9.17) is 5.11 Å². The van der Waals surface area contributed by atoms with E-state index in [-0.39, 0.29) is 0 Å². The highest BCUT2D eigenvalue weighted by Gasteiger charge is 2.16. The van der Waals surface area contributed by atoms with Gasteiger partial charge in [-0.05, 0) is 25.8 Å².